The molecule has 3 amide bonds. The predicted molar refractivity (Wildman–Crippen MR) is 101 cm³/mol. The van der Waals surface area contributed by atoms with Crippen molar-refractivity contribution < 1.29 is 19.2 Å². The number of rotatable bonds is 8. The van der Waals surface area contributed by atoms with Gasteiger partial charge in [0, 0.05) is 43.2 Å². The lowest BCUT2D eigenvalue weighted by atomic mass is 10.0. The van der Waals surface area contributed by atoms with Crippen molar-refractivity contribution in [1.29, 1.82) is 0 Å². The monoisotopic (exact) mass is 374 g/mol. The molecule has 0 aromatic heterocycles. The number of anilines is 1. The summed E-state index contributed by atoms with van der Waals surface area (Å²) in [7, 11) is 0. The number of nitrogens with one attached hydrogen (secondary N) is 2. The van der Waals surface area contributed by atoms with Crippen molar-refractivity contribution in [2.24, 2.45) is 11.7 Å². The second kappa shape index (κ2) is 9.27. The van der Waals surface area contributed by atoms with E-state index in [1.54, 1.807) is 17.0 Å². The first-order chi connectivity index (χ1) is 12.8. The fourth-order valence-corrected chi connectivity index (χ4v) is 3.06. The number of benzene rings is 1. The average molecular weight is 374 g/mol. The zero-order valence-corrected chi connectivity index (χ0v) is 15.7. The molecule has 1 heterocycles. The van der Waals surface area contributed by atoms with Crippen LogP contribution in [0.5, 0.6) is 0 Å². The van der Waals surface area contributed by atoms with Gasteiger partial charge in [0.1, 0.15) is 5.78 Å². The van der Waals surface area contributed by atoms with Crippen LogP contribution < -0.4 is 16.4 Å². The van der Waals surface area contributed by atoms with Gasteiger partial charge in [-0.3, -0.25) is 19.2 Å². The van der Waals surface area contributed by atoms with E-state index in [0.717, 1.165) is 0 Å². The lowest BCUT2D eigenvalue weighted by Gasteiger charge is -2.24. The van der Waals surface area contributed by atoms with Crippen LogP contribution >= 0.6 is 0 Å². The van der Waals surface area contributed by atoms with Crippen LogP contribution in [0.25, 0.3) is 0 Å². The summed E-state index contributed by atoms with van der Waals surface area (Å²) < 4.78 is 0. The van der Waals surface area contributed by atoms with Crippen molar-refractivity contribution in [3.8, 4) is 0 Å². The quantitative estimate of drug-likeness (QED) is 0.613. The van der Waals surface area contributed by atoms with E-state index >= 15 is 0 Å². The summed E-state index contributed by atoms with van der Waals surface area (Å²) in [5.41, 5.74) is 6.10. The molecule has 2 rings (SSSR count). The zero-order chi connectivity index (χ0) is 20.0. The maximum Gasteiger partial charge on any atom is 0.248 e. The molecule has 146 valence electrons. The number of nitrogens with zero attached hydrogens (tertiary/aromatic N) is 1. The summed E-state index contributed by atoms with van der Waals surface area (Å²) in [5, 5.41) is 5.82. The van der Waals surface area contributed by atoms with Crippen LogP contribution in [0.1, 0.15) is 37.0 Å². The number of Topliss-reactive ketones (excluding diaryl/α,β-unsaturated/α-hetero) is 1. The molecule has 1 aliphatic heterocycles. The molecule has 8 heteroatoms. The fourth-order valence-electron chi connectivity index (χ4n) is 3.06. The molecule has 1 saturated heterocycles. The third-order valence-corrected chi connectivity index (χ3v) is 4.76. The fraction of sp³-hybridized carbons (Fsp3) is 0.474. The maximum absolute atomic E-state index is 12.6. The Morgan fingerprint density at radius 1 is 1.22 bits per heavy atom. The molecule has 1 fully saturated rings. The van der Waals surface area contributed by atoms with Crippen molar-refractivity contribution in [3.63, 3.8) is 0 Å². The summed E-state index contributed by atoms with van der Waals surface area (Å²) in [6, 6.07) is 5.91. The number of hydrogen-bond acceptors (Lipinski definition) is 5. The van der Waals surface area contributed by atoms with Crippen molar-refractivity contribution >= 4 is 29.2 Å². The normalized spacial score (nSPS) is 18.7. The van der Waals surface area contributed by atoms with Gasteiger partial charge in [-0.15, -0.1) is 0 Å². The molecule has 0 saturated carbocycles. The molecule has 1 aromatic carbocycles. The van der Waals surface area contributed by atoms with E-state index in [0.29, 0.717) is 37.3 Å². The van der Waals surface area contributed by atoms with E-state index in [-0.39, 0.29) is 36.0 Å². The molecule has 2 unspecified atom stereocenters. The van der Waals surface area contributed by atoms with E-state index in [4.69, 9.17) is 5.73 Å². The molecule has 4 N–H and O–H groups in total. The zero-order valence-electron chi connectivity index (χ0n) is 15.7. The lowest BCUT2D eigenvalue weighted by molar-refractivity contribution is -0.133. The summed E-state index contributed by atoms with van der Waals surface area (Å²) in [5.74, 6) is -0.877. The highest BCUT2D eigenvalue weighted by atomic mass is 16.2. The highest BCUT2D eigenvalue weighted by Crippen LogP contribution is 2.17. The van der Waals surface area contributed by atoms with Gasteiger partial charge in [0.05, 0.1) is 6.04 Å². The summed E-state index contributed by atoms with van der Waals surface area (Å²) in [6.07, 6.45) is 0.656. The standard InChI is InChI=1S/C19H26N4O4/c1-3-23(19(27)16-10-14(11-21-16)12(2)24)9-8-17(25)22-15-6-4-13(5-7-15)18(20)26/h4-7,14,16,21H,3,8-11H2,1-2H3,(H2,20,26)(H,22,25). The first-order valence-electron chi connectivity index (χ1n) is 9.04. The Morgan fingerprint density at radius 2 is 1.89 bits per heavy atom. The molecular weight excluding hydrogens is 348 g/mol. The molecule has 0 spiro atoms. The molecular formula is C19H26N4O4. The topological polar surface area (TPSA) is 122 Å². The smallest absolute Gasteiger partial charge is 0.248 e. The molecule has 0 aliphatic carbocycles. The van der Waals surface area contributed by atoms with Crippen LogP contribution in [0.15, 0.2) is 24.3 Å². The van der Waals surface area contributed by atoms with Gasteiger partial charge in [0.2, 0.25) is 17.7 Å². The van der Waals surface area contributed by atoms with Crippen molar-refractivity contribution in [2.45, 2.75) is 32.7 Å². The molecule has 0 bridgehead atoms. The van der Waals surface area contributed by atoms with Crippen LogP contribution in [0.4, 0.5) is 5.69 Å². The van der Waals surface area contributed by atoms with Gasteiger partial charge in [-0.1, -0.05) is 0 Å². The van der Waals surface area contributed by atoms with Crippen LogP contribution in [-0.4, -0.2) is 54.1 Å². The second-order valence-corrected chi connectivity index (χ2v) is 6.66. The van der Waals surface area contributed by atoms with Gasteiger partial charge in [-0.25, -0.2) is 0 Å². The summed E-state index contributed by atoms with van der Waals surface area (Å²) in [4.78, 5) is 48.9. The number of amides is 3. The predicted octanol–water partition coefficient (Wildman–Crippen LogP) is 0.530. The summed E-state index contributed by atoms with van der Waals surface area (Å²) >= 11 is 0. The minimum absolute atomic E-state index is 0.0835. The van der Waals surface area contributed by atoms with Gasteiger partial charge in [-0.2, -0.15) is 0 Å². The Labute approximate surface area is 158 Å². The third-order valence-electron chi connectivity index (χ3n) is 4.76. The Hall–Kier alpha value is -2.74. The van der Waals surface area contributed by atoms with Crippen LogP contribution in [0.3, 0.4) is 0 Å². The number of primary amides is 1. The molecule has 8 nitrogen and oxygen atoms in total. The number of likely N-dealkylation sites (N-methyl/N-ethyl adjacent to an activating group) is 1. The Balaban J connectivity index is 1.84. The van der Waals surface area contributed by atoms with E-state index in [1.807, 2.05) is 6.92 Å². The number of nitrogens with two attached hydrogens (primary N) is 1. The van der Waals surface area contributed by atoms with Crippen molar-refractivity contribution in [3.05, 3.63) is 29.8 Å². The van der Waals surface area contributed by atoms with Crippen LogP contribution in [0, 0.1) is 5.92 Å². The van der Waals surface area contributed by atoms with Crippen molar-refractivity contribution in [2.75, 3.05) is 25.0 Å². The number of hydrogen-bond donors (Lipinski definition) is 3. The third kappa shape index (κ3) is 5.62. The highest BCUT2D eigenvalue weighted by molar-refractivity contribution is 5.95. The highest BCUT2D eigenvalue weighted by Gasteiger charge is 2.33. The van der Waals surface area contributed by atoms with E-state index in [9.17, 15) is 19.2 Å². The molecule has 1 aliphatic rings. The maximum atomic E-state index is 12.6. The van der Waals surface area contributed by atoms with Gasteiger partial charge in [0.25, 0.3) is 0 Å². The van der Waals surface area contributed by atoms with E-state index < -0.39 is 5.91 Å². The molecule has 1 aromatic rings. The van der Waals surface area contributed by atoms with E-state index in [2.05, 4.69) is 10.6 Å². The van der Waals surface area contributed by atoms with E-state index in [1.165, 1.54) is 19.1 Å². The second-order valence-electron chi connectivity index (χ2n) is 6.66. The molecule has 27 heavy (non-hydrogen) atoms. The van der Waals surface area contributed by atoms with Crippen LogP contribution in [-0.2, 0) is 14.4 Å². The van der Waals surface area contributed by atoms with Gasteiger partial charge in [-0.05, 0) is 44.5 Å². The minimum Gasteiger partial charge on any atom is -0.366 e. The minimum atomic E-state index is -0.530. The first-order valence-corrected chi connectivity index (χ1v) is 9.04. The number of carbonyl (C=O) groups excluding carboxylic acids is 4. The summed E-state index contributed by atoms with van der Waals surface area (Å²) in [6.45, 7) is 4.70. The number of ketones is 1. The Morgan fingerprint density at radius 3 is 2.41 bits per heavy atom. The van der Waals surface area contributed by atoms with Crippen molar-refractivity contribution in [1.82, 2.24) is 10.2 Å². The lowest BCUT2D eigenvalue weighted by Crippen LogP contribution is -2.44. The first kappa shape index (κ1) is 20.6. The largest absolute Gasteiger partial charge is 0.366 e. The van der Waals surface area contributed by atoms with Gasteiger partial charge < -0.3 is 21.3 Å². The Bertz CT molecular complexity index is 717. The van der Waals surface area contributed by atoms with Gasteiger partial charge in [0.15, 0.2) is 0 Å². The molecule has 2 atom stereocenters. The average Bonchev–Trinajstić information content (AvgIpc) is 3.13. The number of carbonyl (C=O) groups is 4. The molecule has 0 radical (unpaired) electrons. The van der Waals surface area contributed by atoms with Crippen LogP contribution in [0.2, 0.25) is 0 Å². The Kier molecular flexibility index (Phi) is 7.06. The van der Waals surface area contributed by atoms with Gasteiger partial charge >= 0.3 is 0 Å². The SMILES string of the molecule is CCN(CCC(=O)Nc1ccc(C(N)=O)cc1)C(=O)C1CC(C(C)=O)CN1.